The van der Waals surface area contributed by atoms with Gasteiger partial charge in [0.05, 0.1) is 34.9 Å². The van der Waals surface area contributed by atoms with Gasteiger partial charge in [-0.2, -0.15) is 0 Å². The maximum atomic E-state index is 12.6. The van der Waals surface area contributed by atoms with Crippen molar-refractivity contribution < 1.29 is 9.53 Å². The number of hydrogen-bond acceptors (Lipinski definition) is 4. The SMILES string of the molecule is CC(Sc1ccccc1Cl)C(=O)Nc1ccccc1N1CCOCC1. The van der Waals surface area contributed by atoms with Gasteiger partial charge in [-0.1, -0.05) is 35.9 Å². The summed E-state index contributed by atoms with van der Waals surface area (Å²) in [6.07, 6.45) is 0. The predicted octanol–water partition coefficient (Wildman–Crippen LogP) is 4.30. The van der Waals surface area contributed by atoms with Crippen molar-refractivity contribution in [3.05, 3.63) is 53.6 Å². The summed E-state index contributed by atoms with van der Waals surface area (Å²) in [5.41, 5.74) is 1.87. The number of amides is 1. The van der Waals surface area contributed by atoms with E-state index in [1.54, 1.807) is 0 Å². The Morgan fingerprint density at radius 1 is 1.16 bits per heavy atom. The van der Waals surface area contributed by atoms with E-state index in [0.29, 0.717) is 18.2 Å². The molecule has 6 heteroatoms. The molecule has 0 bridgehead atoms. The number of anilines is 2. The fraction of sp³-hybridized carbons (Fsp3) is 0.316. The van der Waals surface area contributed by atoms with E-state index in [9.17, 15) is 4.79 Å². The van der Waals surface area contributed by atoms with Crippen molar-refractivity contribution in [3.8, 4) is 0 Å². The molecule has 1 aliphatic rings. The zero-order valence-electron chi connectivity index (χ0n) is 14.1. The van der Waals surface area contributed by atoms with Crippen LogP contribution in [0.1, 0.15) is 6.92 Å². The largest absolute Gasteiger partial charge is 0.378 e. The van der Waals surface area contributed by atoms with Crippen LogP contribution in [-0.2, 0) is 9.53 Å². The van der Waals surface area contributed by atoms with Crippen LogP contribution in [0.15, 0.2) is 53.4 Å². The van der Waals surface area contributed by atoms with Gasteiger partial charge in [-0.05, 0) is 31.2 Å². The van der Waals surface area contributed by atoms with Gasteiger partial charge in [-0.25, -0.2) is 0 Å². The molecule has 0 saturated carbocycles. The molecule has 1 amide bonds. The van der Waals surface area contributed by atoms with Gasteiger partial charge in [-0.3, -0.25) is 4.79 Å². The molecule has 1 aliphatic heterocycles. The maximum absolute atomic E-state index is 12.6. The number of para-hydroxylation sites is 2. The minimum Gasteiger partial charge on any atom is -0.378 e. The Morgan fingerprint density at radius 3 is 2.60 bits per heavy atom. The molecule has 25 heavy (non-hydrogen) atoms. The number of halogens is 1. The minimum absolute atomic E-state index is 0.0365. The number of benzene rings is 2. The standard InChI is InChI=1S/C19H21ClN2O2S/c1-14(25-18-9-5-2-6-15(18)20)19(23)21-16-7-3-4-8-17(16)22-10-12-24-13-11-22/h2-9,14H,10-13H2,1H3,(H,21,23). The first-order valence-electron chi connectivity index (χ1n) is 8.29. The second-order valence-corrected chi connectivity index (χ2v) is 7.59. The van der Waals surface area contributed by atoms with Crippen LogP contribution in [0.5, 0.6) is 0 Å². The molecule has 1 heterocycles. The first kappa shape index (κ1) is 18.1. The van der Waals surface area contributed by atoms with Crippen LogP contribution >= 0.6 is 23.4 Å². The number of morpholine rings is 1. The average molecular weight is 377 g/mol. The number of hydrogen-bond donors (Lipinski definition) is 1. The summed E-state index contributed by atoms with van der Waals surface area (Å²) in [6, 6.07) is 15.5. The summed E-state index contributed by atoms with van der Waals surface area (Å²) in [5, 5.41) is 3.48. The Kier molecular flexibility index (Phi) is 6.24. The average Bonchev–Trinajstić information content (AvgIpc) is 2.64. The molecule has 4 nitrogen and oxygen atoms in total. The molecule has 0 aliphatic carbocycles. The van der Waals surface area contributed by atoms with Gasteiger partial charge in [0, 0.05) is 18.0 Å². The highest BCUT2D eigenvalue weighted by Crippen LogP contribution is 2.32. The predicted molar refractivity (Wildman–Crippen MR) is 105 cm³/mol. The summed E-state index contributed by atoms with van der Waals surface area (Å²) in [7, 11) is 0. The summed E-state index contributed by atoms with van der Waals surface area (Å²) in [4.78, 5) is 15.8. The Bertz CT molecular complexity index is 735. The fourth-order valence-corrected chi connectivity index (χ4v) is 3.83. The fourth-order valence-electron chi connectivity index (χ4n) is 2.68. The molecule has 0 spiro atoms. The van der Waals surface area contributed by atoms with Crippen LogP contribution < -0.4 is 10.2 Å². The van der Waals surface area contributed by atoms with Crippen molar-refractivity contribution in [1.29, 1.82) is 0 Å². The van der Waals surface area contributed by atoms with Gasteiger partial charge >= 0.3 is 0 Å². The van der Waals surface area contributed by atoms with Crippen LogP contribution in [-0.4, -0.2) is 37.5 Å². The lowest BCUT2D eigenvalue weighted by Gasteiger charge is -2.30. The zero-order chi connectivity index (χ0) is 17.6. The van der Waals surface area contributed by atoms with Crippen molar-refractivity contribution in [1.82, 2.24) is 0 Å². The van der Waals surface area contributed by atoms with Gasteiger partial charge in [0.15, 0.2) is 0 Å². The smallest absolute Gasteiger partial charge is 0.237 e. The molecule has 1 fully saturated rings. The zero-order valence-corrected chi connectivity index (χ0v) is 15.6. The molecule has 2 aromatic rings. The first-order chi connectivity index (χ1) is 12.1. The minimum atomic E-state index is -0.252. The van der Waals surface area contributed by atoms with Crippen LogP contribution in [0.25, 0.3) is 0 Å². The third-order valence-corrected chi connectivity index (χ3v) is 5.64. The highest BCUT2D eigenvalue weighted by molar-refractivity contribution is 8.00. The monoisotopic (exact) mass is 376 g/mol. The number of nitrogens with one attached hydrogen (secondary N) is 1. The normalized spacial score (nSPS) is 15.7. The first-order valence-corrected chi connectivity index (χ1v) is 9.54. The Hall–Kier alpha value is -1.69. The van der Waals surface area contributed by atoms with Gasteiger partial charge in [0.2, 0.25) is 5.91 Å². The van der Waals surface area contributed by atoms with E-state index in [0.717, 1.165) is 29.4 Å². The molecule has 2 aromatic carbocycles. The topological polar surface area (TPSA) is 41.6 Å². The molecular weight excluding hydrogens is 356 g/mol. The lowest BCUT2D eigenvalue weighted by Crippen LogP contribution is -2.37. The number of ether oxygens (including phenoxy) is 1. The van der Waals surface area contributed by atoms with Crippen molar-refractivity contribution in [2.45, 2.75) is 17.1 Å². The van der Waals surface area contributed by atoms with E-state index >= 15 is 0 Å². The Labute approximate surface area is 157 Å². The van der Waals surface area contributed by atoms with Crippen LogP contribution in [0.3, 0.4) is 0 Å². The summed E-state index contributed by atoms with van der Waals surface area (Å²) < 4.78 is 5.41. The second-order valence-electron chi connectivity index (χ2n) is 5.80. The molecule has 132 valence electrons. The van der Waals surface area contributed by atoms with Crippen molar-refractivity contribution in [2.24, 2.45) is 0 Å². The number of thioether (sulfide) groups is 1. The third kappa shape index (κ3) is 4.69. The van der Waals surface area contributed by atoms with E-state index in [1.165, 1.54) is 11.8 Å². The van der Waals surface area contributed by atoms with Gasteiger partial charge < -0.3 is 15.0 Å². The molecule has 3 rings (SSSR count). The highest BCUT2D eigenvalue weighted by Gasteiger charge is 2.19. The summed E-state index contributed by atoms with van der Waals surface area (Å²) >= 11 is 7.65. The van der Waals surface area contributed by atoms with Gasteiger partial charge in [-0.15, -0.1) is 11.8 Å². The van der Waals surface area contributed by atoms with Crippen LogP contribution in [0.4, 0.5) is 11.4 Å². The quantitative estimate of drug-likeness (QED) is 0.790. The second kappa shape index (κ2) is 8.61. The number of carbonyl (C=O) groups excluding carboxylic acids is 1. The van der Waals surface area contributed by atoms with Crippen molar-refractivity contribution >= 4 is 40.6 Å². The third-order valence-electron chi connectivity index (χ3n) is 4.02. The van der Waals surface area contributed by atoms with Crippen molar-refractivity contribution in [2.75, 3.05) is 36.5 Å². The summed E-state index contributed by atoms with van der Waals surface area (Å²) in [6.45, 7) is 4.97. The van der Waals surface area contributed by atoms with E-state index < -0.39 is 0 Å². The molecule has 1 unspecified atom stereocenters. The molecule has 1 N–H and O–H groups in total. The number of carbonyl (C=O) groups is 1. The van der Waals surface area contributed by atoms with Crippen LogP contribution in [0.2, 0.25) is 5.02 Å². The van der Waals surface area contributed by atoms with E-state index in [1.807, 2.05) is 55.5 Å². The van der Waals surface area contributed by atoms with Gasteiger partial charge in [0.25, 0.3) is 0 Å². The molecule has 1 saturated heterocycles. The van der Waals surface area contributed by atoms with E-state index in [-0.39, 0.29) is 11.2 Å². The maximum Gasteiger partial charge on any atom is 0.237 e. The number of rotatable bonds is 5. The lowest BCUT2D eigenvalue weighted by atomic mass is 10.2. The Balaban J connectivity index is 1.69. The molecule has 0 aromatic heterocycles. The van der Waals surface area contributed by atoms with Crippen molar-refractivity contribution in [3.63, 3.8) is 0 Å². The van der Waals surface area contributed by atoms with Gasteiger partial charge in [0.1, 0.15) is 0 Å². The highest BCUT2D eigenvalue weighted by atomic mass is 35.5. The van der Waals surface area contributed by atoms with Crippen LogP contribution in [0, 0.1) is 0 Å². The molecule has 0 radical (unpaired) electrons. The molecular formula is C19H21ClN2O2S. The number of nitrogens with zero attached hydrogens (tertiary/aromatic N) is 1. The van der Waals surface area contributed by atoms with E-state index in [4.69, 9.17) is 16.3 Å². The molecule has 1 atom stereocenters. The lowest BCUT2D eigenvalue weighted by molar-refractivity contribution is -0.115. The summed E-state index contributed by atoms with van der Waals surface area (Å²) in [5.74, 6) is -0.0365. The Morgan fingerprint density at radius 2 is 1.84 bits per heavy atom. The van der Waals surface area contributed by atoms with E-state index in [2.05, 4.69) is 10.2 Å².